The van der Waals surface area contributed by atoms with E-state index >= 15 is 0 Å². The number of hydrogen-bond donors (Lipinski definition) is 0. The molecule has 126 valence electrons. The van der Waals surface area contributed by atoms with Gasteiger partial charge in [-0.3, -0.25) is 9.59 Å². The third-order valence-corrected chi connectivity index (χ3v) is 3.38. The lowest BCUT2D eigenvalue weighted by Gasteiger charge is -2.03. The highest BCUT2D eigenvalue weighted by Gasteiger charge is 2.27. The molecule has 0 atom stereocenters. The molecule has 0 aliphatic carbocycles. The minimum Gasteiger partial charge on any atom is -0.427 e. The Hall–Kier alpha value is -3.41. The van der Waals surface area contributed by atoms with Crippen molar-refractivity contribution in [2.75, 3.05) is 0 Å². The van der Waals surface area contributed by atoms with Crippen LogP contribution in [-0.2, 0) is 14.4 Å². The Labute approximate surface area is 143 Å². The maximum absolute atomic E-state index is 12.1. The van der Waals surface area contributed by atoms with E-state index in [0.29, 0.717) is 28.4 Å². The van der Waals surface area contributed by atoms with Crippen molar-refractivity contribution in [1.29, 1.82) is 0 Å². The average Bonchev–Trinajstić information content (AvgIpc) is 2.84. The van der Waals surface area contributed by atoms with E-state index in [1.54, 1.807) is 48.5 Å². The second kappa shape index (κ2) is 6.60. The van der Waals surface area contributed by atoms with Crippen molar-refractivity contribution >= 4 is 29.6 Å². The van der Waals surface area contributed by atoms with Crippen LogP contribution in [0.5, 0.6) is 17.2 Å². The minimum atomic E-state index is -0.487. The van der Waals surface area contributed by atoms with Crippen molar-refractivity contribution in [2.24, 2.45) is 0 Å². The molecule has 0 amide bonds. The van der Waals surface area contributed by atoms with Crippen LogP contribution in [0.15, 0.2) is 42.5 Å². The van der Waals surface area contributed by atoms with Crippen LogP contribution in [0.2, 0.25) is 0 Å². The molecule has 0 bridgehead atoms. The normalized spacial score (nSPS) is 14.0. The number of ether oxygens (including phenoxy) is 3. The van der Waals surface area contributed by atoms with E-state index in [-0.39, 0.29) is 0 Å². The van der Waals surface area contributed by atoms with Crippen molar-refractivity contribution in [2.45, 2.75) is 13.8 Å². The molecule has 0 fully saturated rings. The van der Waals surface area contributed by atoms with Gasteiger partial charge in [0.2, 0.25) is 0 Å². The van der Waals surface area contributed by atoms with Gasteiger partial charge in [-0.2, -0.15) is 0 Å². The molecule has 1 aliphatic rings. The number of rotatable bonds is 3. The fourth-order valence-corrected chi connectivity index (χ4v) is 2.40. The van der Waals surface area contributed by atoms with Gasteiger partial charge in [0.05, 0.1) is 5.57 Å². The molecule has 0 N–H and O–H groups in total. The first-order valence-electron chi connectivity index (χ1n) is 7.47. The molecular formula is C19H14O6. The van der Waals surface area contributed by atoms with Crippen LogP contribution >= 0.6 is 0 Å². The zero-order valence-corrected chi connectivity index (χ0v) is 13.6. The predicted molar refractivity (Wildman–Crippen MR) is 89.0 cm³/mol. The first kappa shape index (κ1) is 16.4. The topological polar surface area (TPSA) is 78.9 Å². The zero-order valence-electron chi connectivity index (χ0n) is 13.6. The molecule has 1 heterocycles. The lowest BCUT2D eigenvalue weighted by molar-refractivity contribution is -0.132. The Kier molecular flexibility index (Phi) is 4.35. The first-order chi connectivity index (χ1) is 11.9. The molecule has 0 spiro atoms. The zero-order chi connectivity index (χ0) is 18.0. The number of esters is 3. The van der Waals surface area contributed by atoms with Gasteiger partial charge >= 0.3 is 17.9 Å². The second-order valence-corrected chi connectivity index (χ2v) is 5.36. The molecule has 6 nitrogen and oxygen atoms in total. The Morgan fingerprint density at radius 2 is 1.52 bits per heavy atom. The summed E-state index contributed by atoms with van der Waals surface area (Å²) in [7, 11) is 0. The monoisotopic (exact) mass is 338 g/mol. The standard InChI is InChI=1S/C19H14O6/c1-11(20)23-14-5-3-13(4-6-14)9-17-16-10-15(24-12(2)21)7-8-18(16)25-19(17)22/h3-10H,1-2H3/b17-9+. The van der Waals surface area contributed by atoms with Crippen LogP contribution in [0.1, 0.15) is 25.0 Å². The maximum atomic E-state index is 12.1. The molecule has 0 radical (unpaired) electrons. The minimum absolute atomic E-state index is 0.334. The largest absolute Gasteiger partial charge is 0.427 e. The van der Waals surface area contributed by atoms with Gasteiger partial charge in [0.15, 0.2) is 0 Å². The molecule has 0 unspecified atom stereocenters. The Balaban J connectivity index is 1.92. The summed E-state index contributed by atoms with van der Waals surface area (Å²) in [5.74, 6) is -0.182. The van der Waals surface area contributed by atoms with Gasteiger partial charge in [0.1, 0.15) is 17.2 Å². The lowest BCUT2D eigenvalue weighted by atomic mass is 10.0. The maximum Gasteiger partial charge on any atom is 0.344 e. The van der Waals surface area contributed by atoms with Gasteiger partial charge in [-0.05, 0) is 42.0 Å². The summed E-state index contributed by atoms with van der Waals surface area (Å²) in [5.41, 5.74) is 1.63. The Morgan fingerprint density at radius 1 is 0.920 bits per heavy atom. The van der Waals surface area contributed by atoms with E-state index in [9.17, 15) is 14.4 Å². The van der Waals surface area contributed by atoms with Gasteiger partial charge in [0, 0.05) is 19.4 Å². The van der Waals surface area contributed by atoms with Crippen LogP contribution in [-0.4, -0.2) is 17.9 Å². The van der Waals surface area contributed by atoms with Crippen molar-refractivity contribution < 1.29 is 28.6 Å². The Bertz CT molecular complexity index is 893. The quantitative estimate of drug-likeness (QED) is 0.486. The molecule has 1 aliphatic heterocycles. The third-order valence-electron chi connectivity index (χ3n) is 3.38. The number of carbonyl (C=O) groups excluding carboxylic acids is 3. The summed E-state index contributed by atoms with van der Waals surface area (Å²) in [4.78, 5) is 34.1. The highest BCUT2D eigenvalue weighted by Crippen LogP contribution is 2.37. The summed E-state index contributed by atoms with van der Waals surface area (Å²) >= 11 is 0. The predicted octanol–water partition coefficient (Wildman–Crippen LogP) is 3.00. The highest BCUT2D eigenvalue weighted by molar-refractivity contribution is 6.26. The average molecular weight is 338 g/mol. The summed E-state index contributed by atoms with van der Waals surface area (Å²) in [5, 5.41) is 0. The number of fused-ring (bicyclic) bond motifs is 1. The fraction of sp³-hybridized carbons (Fsp3) is 0.105. The van der Waals surface area contributed by atoms with E-state index in [0.717, 1.165) is 5.56 Å². The molecule has 2 aromatic rings. The van der Waals surface area contributed by atoms with E-state index < -0.39 is 17.9 Å². The smallest absolute Gasteiger partial charge is 0.344 e. The molecule has 6 heteroatoms. The first-order valence-corrected chi connectivity index (χ1v) is 7.47. The van der Waals surface area contributed by atoms with Gasteiger partial charge in [-0.1, -0.05) is 12.1 Å². The van der Waals surface area contributed by atoms with E-state index in [4.69, 9.17) is 14.2 Å². The highest BCUT2D eigenvalue weighted by atomic mass is 16.5. The third kappa shape index (κ3) is 3.74. The number of hydrogen-bond acceptors (Lipinski definition) is 6. The number of benzene rings is 2. The van der Waals surface area contributed by atoms with Crippen LogP contribution < -0.4 is 14.2 Å². The van der Waals surface area contributed by atoms with E-state index in [2.05, 4.69) is 0 Å². The Morgan fingerprint density at radius 3 is 2.16 bits per heavy atom. The summed E-state index contributed by atoms with van der Waals surface area (Å²) < 4.78 is 15.2. The summed E-state index contributed by atoms with van der Waals surface area (Å²) in [6.45, 7) is 2.62. The SMILES string of the molecule is CC(=O)Oc1ccc(/C=C2/C(=O)Oc3ccc(OC(C)=O)cc32)cc1. The van der Waals surface area contributed by atoms with Crippen LogP contribution in [0.3, 0.4) is 0 Å². The van der Waals surface area contributed by atoms with Crippen LogP contribution in [0, 0.1) is 0 Å². The van der Waals surface area contributed by atoms with Gasteiger partial charge in [0.25, 0.3) is 0 Å². The van der Waals surface area contributed by atoms with Gasteiger partial charge < -0.3 is 14.2 Å². The lowest BCUT2D eigenvalue weighted by Crippen LogP contribution is -2.01. The summed E-state index contributed by atoms with van der Waals surface area (Å²) in [6, 6.07) is 11.4. The molecule has 0 saturated heterocycles. The molecular weight excluding hydrogens is 324 g/mol. The van der Waals surface area contributed by atoms with Crippen molar-refractivity contribution in [1.82, 2.24) is 0 Å². The molecule has 2 aromatic carbocycles. The van der Waals surface area contributed by atoms with Gasteiger partial charge in [-0.25, -0.2) is 4.79 Å². The molecule has 25 heavy (non-hydrogen) atoms. The van der Waals surface area contributed by atoms with Crippen molar-refractivity contribution in [3.63, 3.8) is 0 Å². The summed E-state index contributed by atoms with van der Waals surface area (Å²) in [6.07, 6.45) is 1.66. The van der Waals surface area contributed by atoms with Crippen molar-refractivity contribution in [3.8, 4) is 17.2 Å². The van der Waals surface area contributed by atoms with Crippen LogP contribution in [0.4, 0.5) is 0 Å². The number of carbonyl (C=O) groups is 3. The molecule has 0 saturated carbocycles. The van der Waals surface area contributed by atoms with E-state index in [1.807, 2.05) is 0 Å². The van der Waals surface area contributed by atoms with E-state index in [1.165, 1.54) is 13.8 Å². The second-order valence-electron chi connectivity index (χ2n) is 5.36. The van der Waals surface area contributed by atoms with Crippen LogP contribution in [0.25, 0.3) is 11.6 Å². The van der Waals surface area contributed by atoms with Gasteiger partial charge in [-0.15, -0.1) is 0 Å². The fourth-order valence-electron chi connectivity index (χ4n) is 2.40. The molecule has 3 rings (SSSR count). The van der Waals surface area contributed by atoms with Crippen molar-refractivity contribution in [3.05, 3.63) is 53.6 Å². The molecule has 0 aromatic heterocycles.